The number of fused-ring (bicyclic) bond motifs is 3. The Kier molecular flexibility index (Phi) is 23.5. The first-order valence-corrected chi connectivity index (χ1v) is 33.0. The molecule has 0 saturated heterocycles. The van der Waals surface area contributed by atoms with E-state index in [1.165, 1.54) is 85.3 Å². The molecular formula is C80H77N9O18. The topological polar surface area (TPSA) is 301 Å². The molecule has 27 nitrogen and oxygen atoms in total. The number of hydrogen-bond donors (Lipinski definition) is 3. The normalized spacial score (nSPS) is 14.0. The van der Waals surface area contributed by atoms with Crippen molar-refractivity contribution in [3.8, 4) is 86.6 Å². The zero-order chi connectivity index (χ0) is 76.0. The maximum atomic E-state index is 12.8. The summed E-state index contributed by atoms with van der Waals surface area (Å²) in [4.78, 5) is 65.6. The van der Waals surface area contributed by atoms with Crippen molar-refractivity contribution in [3.05, 3.63) is 196 Å². The number of benzene rings is 7. The average Bonchev–Trinajstić information content (AvgIpc) is 1.74. The van der Waals surface area contributed by atoms with E-state index in [4.69, 9.17) is 71.1 Å². The molecule has 0 atom stereocenters. The van der Waals surface area contributed by atoms with Crippen LogP contribution in [-0.4, -0.2) is 149 Å². The predicted octanol–water partition coefficient (Wildman–Crippen LogP) is 11.9. The van der Waals surface area contributed by atoms with Gasteiger partial charge in [-0.05, 0) is 129 Å². The van der Waals surface area contributed by atoms with E-state index < -0.39 is 0 Å². The van der Waals surface area contributed by atoms with Gasteiger partial charge in [-0.1, -0.05) is 30.3 Å². The number of amides is 3. The summed E-state index contributed by atoms with van der Waals surface area (Å²) in [6.45, 7) is 4.38. The SMILES string of the molecule is COc1cc(C2=N/C(=C\c3cc4ccc(OC(C)C)cc4nc3OC)C(=O)N2)cc(OC)c1OC.COc1cc(C2=N/C(=C\c3cc4ccc(OCc5ccccc5)cc4nc3OC)C(=O)N2)cc(OC)c1OC.COc1ccc2cc(/C=C3\N=C(c4cc(OC)c(OC)c(OC)c4)NC3=O)c(OC)nc2c1. The molecular weight excluding hydrogens is 1370 g/mol. The molecule has 6 heterocycles. The van der Waals surface area contributed by atoms with Gasteiger partial charge in [0.15, 0.2) is 34.5 Å². The van der Waals surface area contributed by atoms with Crippen molar-refractivity contribution in [2.24, 2.45) is 15.0 Å². The highest BCUT2D eigenvalue weighted by Gasteiger charge is 2.29. The third-order valence-electron chi connectivity index (χ3n) is 16.6. The second-order valence-corrected chi connectivity index (χ2v) is 23.5. The largest absolute Gasteiger partial charge is 0.497 e. The molecule has 27 heteroatoms. The Morgan fingerprint density at radius 1 is 0.346 bits per heavy atom. The van der Waals surface area contributed by atoms with Crippen LogP contribution in [0.3, 0.4) is 0 Å². The van der Waals surface area contributed by atoms with E-state index >= 15 is 0 Å². The number of carbonyl (C=O) groups excluding carboxylic acids is 3. The molecule has 3 N–H and O–H groups in total. The van der Waals surface area contributed by atoms with Gasteiger partial charge in [0.1, 0.15) is 58.5 Å². The fraction of sp³-hybridized carbons (Fsp3) is 0.212. The molecule has 13 rings (SSSR count). The lowest BCUT2D eigenvalue weighted by Crippen LogP contribution is -2.24. The number of amidine groups is 3. The maximum Gasteiger partial charge on any atom is 0.275 e. The van der Waals surface area contributed by atoms with Crippen molar-refractivity contribution < 1.29 is 85.4 Å². The lowest BCUT2D eigenvalue weighted by atomic mass is 10.1. The molecule has 3 aliphatic heterocycles. The third kappa shape index (κ3) is 16.7. The minimum Gasteiger partial charge on any atom is -0.497 e. The molecule has 107 heavy (non-hydrogen) atoms. The molecule has 0 aliphatic carbocycles. The first-order chi connectivity index (χ1) is 51.9. The molecule has 0 radical (unpaired) electrons. The summed E-state index contributed by atoms with van der Waals surface area (Å²) in [6.07, 6.45) is 4.97. The van der Waals surface area contributed by atoms with Crippen LogP contribution < -0.4 is 87.0 Å². The Bertz CT molecular complexity index is 5190. The number of methoxy groups -OCH3 is 13. The zero-order valence-electron chi connectivity index (χ0n) is 61.3. The highest BCUT2D eigenvalue weighted by Crippen LogP contribution is 2.42. The van der Waals surface area contributed by atoms with Crippen molar-refractivity contribution in [1.82, 2.24) is 30.9 Å². The third-order valence-corrected chi connectivity index (χ3v) is 16.6. The summed E-state index contributed by atoms with van der Waals surface area (Å²) >= 11 is 0. The molecule has 10 aromatic rings. The predicted molar refractivity (Wildman–Crippen MR) is 404 cm³/mol. The van der Waals surface area contributed by atoms with Gasteiger partial charge < -0.3 is 87.0 Å². The molecule has 7 aromatic carbocycles. The van der Waals surface area contributed by atoms with Crippen LogP contribution in [0.25, 0.3) is 50.9 Å². The van der Waals surface area contributed by atoms with Crippen molar-refractivity contribution in [3.63, 3.8) is 0 Å². The smallest absolute Gasteiger partial charge is 0.275 e. The molecule has 550 valence electrons. The van der Waals surface area contributed by atoms with Crippen molar-refractivity contribution in [2.75, 3.05) is 92.4 Å². The number of hydrogen-bond acceptors (Lipinski definition) is 24. The van der Waals surface area contributed by atoms with Crippen molar-refractivity contribution in [2.45, 2.75) is 26.6 Å². The van der Waals surface area contributed by atoms with Gasteiger partial charge in [-0.3, -0.25) is 14.4 Å². The standard InChI is InChI=1S/C30H27N3O6.C26H27N3O6.C24H23N3O6/c1-35-25-14-20(15-26(36-2)27(25)37-3)28-31-24(29(34)33-28)13-21-12-19-10-11-22(16-23(19)32-30(21)38-4)39-17-18-8-6-5-7-9-18;1-14(2)35-18-8-7-15-9-17(26(34-6)28-19(15)13-18)10-20-25(30)29-24(27-20)16-11-21(31-3)23(33-5)22(12-16)32-4;1-29-16-7-6-13-8-15(24(33-5)26-17(13)12-16)9-18-23(28)27-22(25-18)14-10-19(30-2)21(32-4)20(11-14)31-3/h5-16H,17H2,1-4H3,(H,31,33,34);7-14H,1-6H3,(H,27,29,30);6-12H,1-5H3,(H,25,27,28)/b24-13-;20-10-;18-9-. The number of carbonyl (C=O) groups is 3. The van der Waals surface area contributed by atoms with Crippen molar-refractivity contribution >= 4 is 86.2 Å². The quantitative estimate of drug-likeness (QED) is 0.0473. The monoisotopic (exact) mass is 1450 g/mol. The summed E-state index contributed by atoms with van der Waals surface area (Å²) in [5, 5.41) is 11.0. The molecule has 0 bridgehead atoms. The molecule has 0 unspecified atom stereocenters. The van der Waals surface area contributed by atoms with E-state index in [1.54, 1.807) is 61.7 Å². The highest BCUT2D eigenvalue weighted by molar-refractivity contribution is 6.22. The number of aliphatic imine (C=N–C) groups is 3. The van der Waals surface area contributed by atoms with Gasteiger partial charge in [0.2, 0.25) is 34.9 Å². The van der Waals surface area contributed by atoms with E-state index in [9.17, 15) is 14.4 Å². The number of aromatic nitrogens is 3. The second-order valence-electron chi connectivity index (χ2n) is 23.5. The van der Waals surface area contributed by atoms with Crippen LogP contribution >= 0.6 is 0 Å². The lowest BCUT2D eigenvalue weighted by Gasteiger charge is -2.13. The van der Waals surface area contributed by atoms with Crippen LogP contribution in [0, 0.1) is 0 Å². The number of pyridine rings is 3. The summed E-state index contributed by atoms with van der Waals surface area (Å²) in [6, 6.07) is 42.8. The molecule has 0 saturated carbocycles. The van der Waals surface area contributed by atoms with Gasteiger partial charge in [-0.25, -0.2) is 29.9 Å². The first kappa shape index (κ1) is 74.6. The van der Waals surface area contributed by atoms with E-state index in [2.05, 4.69) is 45.9 Å². The first-order valence-electron chi connectivity index (χ1n) is 33.0. The van der Waals surface area contributed by atoms with Crippen molar-refractivity contribution in [1.29, 1.82) is 0 Å². The highest BCUT2D eigenvalue weighted by atomic mass is 16.5. The molecule has 3 aliphatic rings. The Balaban J connectivity index is 0.000000161. The zero-order valence-corrected chi connectivity index (χ0v) is 61.3. The van der Waals surface area contributed by atoms with Gasteiger partial charge in [-0.15, -0.1) is 0 Å². The Hall–Kier alpha value is -13.6. The summed E-state index contributed by atoms with van der Waals surface area (Å²) in [5.74, 6) is 7.33. The van der Waals surface area contributed by atoms with E-state index in [0.717, 1.165) is 33.0 Å². The van der Waals surface area contributed by atoms with Crippen LogP contribution in [0.2, 0.25) is 0 Å². The molecule has 0 fully saturated rings. The van der Waals surface area contributed by atoms with E-state index in [0.29, 0.717) is 149 Å². The van der Waals surface area contributed by atoms with Gasteiger partial charge in [-0.2, -0.15) is 0 Å². The summed E-state index contributed by atoms with van der Waals surface area (Å²) in [7, 11) is 19.9. The number of nitrogens with one attached hydrogen (secondary N) is 3. The van der Waals surface area contributed by atoms with Gasteiger partial charge in [0.25, 0.3) is 17.7 Å². The van der Waals surface area contributed by atoms with Gasteiger partial charge >= 0.3 is 0 Å². The van der Waals surface area contributed by atoms with Gasteiger partial charge in [0, 0.05) is 67.7 Å². The summed E-state index contributed by atoms with van der Waals surface area (Å²) in [5.41, 5.74) is 7.53. The van der Waals surface area contributed by atoms with Crippen LogP contribution in [0.4, 0.5) is 0 Å². The molecule has 3 aromatic heterocycles. The number of ether oxygens (including phenoxy) is 15. The minimum absolute atomic E-state index is 0.0527. The molecule has 0 spiro atoms. The van der Waals surface area contributed by atoms with E-state index in [1.807, 2.05) is 117 Å². The minimum atomic E-state index is -0.356. The van der Waals surface area contributed by atoms with Crippen LogP contribution in [0.1, 0.15) is 52.8 Å². The lowest BCUT2D eigenvalue weighted by molar-refractivity contribution is -0.116. The summed E-state index contributed by atoms with van der Waals surface area (Å²) < 4.78 is 82.0. The maximum absolute atomic E-state index is 12.8. The Morgan fingerprint density at radius 3 is 0.972 bits per heavy atom. The average molecular weight is 1450 g/mol. The fourth-order valence-electron chi connectivity index (χ4n) is 11.5. The molecule has 3 amide bonds. The Morgan fingerprint density at radius 2 is 0.664 bits per heavy atom. The van der Waals surface area contributed by atoms with Gasteiger partial charge in [0.05, 0.1) is 115 Å². The van der Waals surface area contributed by atoms with E-state index in [-0.39, 0.29) is 40.9 Å². The Labute approximate surface area is 616 Å². The number of rotatable bonds is 24. The second kappa shape index (κ2) is 33.7. The van der Waals surface area contributed by atoms with Crippen LogP contribution in [0.5, 0.6) is 86.6 Å². The fourth-order valence-corrected chi connectivity index (χ4v) is 11.5. The van der Waals surface area contributed by atoms with Crippen LogP contribution in [-0.2, 0) is 21.0 Å². The van der Waals surface area contributed by atoms with Crippen LogP contribution in [0.15, 0.2) is 172 Å². The number of nitrogens with zero attached hydrogens (tertiary/aromatic N) is 6.